The van der Waals surface area contributed by atoms with Gasteiger partial charge in [-0.05, 0) is 31.9 Å². The Kier molecular flexibility index (Phi) is 3.40. The first kappa shape index (κ1) is 10.9. The van der Waals surface area contributed by atoms with Crippen molar-refractivity contribution in [3.05, 3.63) is 47.5 Å². The Morgan fingerprint density at radius 1 is 1.31 bits per heavy atom. The summed E-state index contributed by atoms with van der Waals surface area (Å²) >= 11 is 0. The summed E-state index contributed by atoms with van der Waals surface area (Å²) in [6.07, 6.45) is 5.04. The van der Waals surface area contributed by atoms with E-state index in [0.29, 0.717) is 5.56 Å². The van der Waals surface area contributed by atoms with E-state index in [2.05, 4.69) is 13.0 Å². The van der Waals surface area contributed by atoms with Crippen molar-refractivity contribution in [3.63, 3.8) is 0 Å². The van der Waals surface area contributed by atoms with Crippen molar-refractivity contribution in [2.24, 2.45) is 0 Å². The van der Waals surface area contributed by atoms with Crippen LogP contribution in [0.2, 0.25) is 0 Å². The van der Waals surface area contributed by atoms with Gasteiger partial charge in [-0.3, -0.25) is 0 Å². The van der Waals surface area contributed by atoms with Gasteiger partial charge in [0.25, 0.3) is 0 Å². The molecule has 0 saturated heterocycles. The van der Waals surface area contributed by atoms with Crippen LogP contribution < -0.4 is 0 Å². The molecule has 84 valence electrons. The van der Waals surface area contributed by atoms with Crippen molar-refractivity contribution >= 4 is 5.97 Å². The average Bonchev–Trinajstić information content (AvgIpc) is 2.33. The van der Waals surface area contributed by atoms with Crippen LogP contribution in [-0.2, 0) is 4.74 Å². The first-order valence-corrected chi connectivity index (χ1v) is 5.67. The first-order valence-electron chi connectivity index (χ1n) is 5.67. The monoisotopic (exact) mass is 216 g/mol. The van der Waals surface area contributed by atoms with Gasteiger partial charge in [-0.25, -0.2) is 4.79 Å². The van der Waals surface area contributed by atoms with Crippen molar-refractivity contribution < 1.29 is 9.53 Å². The normalized spacial score (nSPS) is 20.1. The fourth-order valence-electron chi connectivity index (χ4n) is 1.84. The number of hydrogen-bond acceptors (Lipinski definition) is 2. The molecule has 0 spiro atoms. The zero-order chi connectivity index (χ0) is 11.4. The smallest absolute Gasteiger partial charge is 0.338 e. The van der Waals surface area contributed by atoms with E-state index in [0.717, 1.165) is 19.3 Å². The summed E-state index contributed by atoms with van der Waals surface area (Å²) in [5.41, 5.74) is 2.03. The average molecular weight is 216 g/mol. The molecule has 0 N–H and O–H groups in total. The van der Waals surface area contributed by atoms with Gasteiger partial charge in [0.2, 0.25) is 0 Å². The quantitative estimate of drug-likeness (QED) is 0.560. The van der Waals surface area contributed by atoms with Crippen LogP contribution in [0.15, 0.2) is 42.0 Å². The lowest BCUT2D eigenvalue weighted by molar-refractivity contribution is 0.0279. The van der Waals surface area contributed by atoms with Gasteiger partial charge in [0, 0.05) is 6.42 Å². The van der Waals surface area contributed by atoms with E-state index in [1.165, 1.54) is 5.57 Å². The molecule has 1 aliphatic rings. The number of carbonyl (C=O) groups excluding carboxylic acids is 1. The van der Waals surface area contributed by atoms with Crippen LogP contribution in [0.1, 0.15) is 36.5 Å². The second kappa shape index (κ2) is 4.97. The molecule has 16 heavy (non-hydrogen) atoms. The highest BCUT2D eigenvalue weighted by atomic mass is 16.5. The maximum absolute atomic E-state index is 11.8. The fraction of sp³-hybridized carbons (Fsp3) is 0.357. The zero-order valence-corrected chi connectivity index (χ0v) is 9.48. The summed E-state index contributed by atoms with van der Waals surface area (Å²) < 4.78 is 5.44. The number of esters is 1. The van der Waals surface area contributed by atoms with Gasteiger partial charge in [0.1, 0.15) is 6.10 Å². The molecule has 0 bridgehead atoms. The Balaban J connectivity index is 1.94. The van der Waals surface area contributed by atoms with E-state index in [1.807, 2.05) is 18.2 Å². The number of hydrogen-bond donors (Lipinski definition) is 0. The molecule has 0 heterocycles. The predicted octanol–water partition coefficient (Wildman–Crippen LogP) is 3.34. The molecule has 1 aromatic carbocycles. The largest absolute Gasteiger partial charge is 0.458 e. The third kappa shape index (κ3) is 2.72. The SMILES string of the molecule is CC1=CCC(OC(=O)c2ccccc2)CC1. The van der Waals surface area contributed by atoms with Gasteiger partial charge in [-0.1, -0.05) is 29.8 Å². The Bertz CT molecular complexity index is 392. The van der Waals surface area contributed by atoms with E-state index < -0.39 is 0 Å². The maximum Gasteiger partial charge on any atom is 0.338 e. The molecule has 0 radical (unpaired) electrons. The summed E-state index contributed by atoms with van der Waals surface area (Å²) in [7, 11) is 0. The first-order chi connectivity index (χ1) is 7.75. The Labute approximate surface area is 95.9 Å². The van der Waals surface area contributed by atoms with Crippen molar-refractivity contribution in [3.8, 4) is 0 Å². The lowest BCUT2D eigenvalue weighted by atomic mass is 9.98. The molecular formula is C14H16O2. The lowest BCUT2D eigenvalue weighted by Gasteiger charge is -2.20. The second-order valence-electron chi connectivity index (χ2n) is 4.22. The highest BCUT2D eigenvalue weighted by Gasteiger charge is 2.17. The van der Waals surface area contributed by atoms with E-state index in [4.69, 9.17) is 4.74 Å². The van der Waals surface area contributed by atoms with Crippen molar-refractivity contribution in [1.29, 1.82) is 0 Å². The molecule has 0 amide bonds. The minimum atomic E-state index is -0.210. The standard InChI is InChI=1S/C14H16O2/c1-11-7-9-13(10-8-11)16-14(15)12-5-3-2-4-6-12/h2-7,13H,8-10H2,1H3. The van der Waals surface area contributed by atoms with Crippen LogP contribution in [0, 0.1) is 0 Å². The van der Waals surface area contributed by atoms with Crippen LogP contribution in [0.3, 0.4) is 0 Å². The summed E-state index contributed by atoms with van der Waals surface area (Å²) in [6.45, 7) is 2.12. The third-order valence-corrected chi connectivity index (χ3v) is 2.87. The molecule has 1 unspecified atom stereocenters. The Morgan fingerprint density at radius 3 is 2.69 bits per heavy atom. The van der Waals surface area contributed by atoms with E-state index in [9.17, 15) is 4.79 Å². The lowest BCUT2D eigenvalue weighted by Crippen LogP contribution is -2.20. The molecule has 2 heteroatoms. The molecule has 0 aromatic heterocycles. The van der Waals surface area contributed by atoms with Crippen molar-refractivity contribution in [2.75, 3.05) is 0 Å². The Morgan fingerprint density at radius 2 is 2.06 bits per heavy atom. The number of benzene rings is 1. The van der Waals surface area contributed by atoms with Crippen LogP contribution in [0.25, 0.3) is 0 Å². The zero-order valence-electron chi connectivity index (χ0n) is 9.48. The predicted molar refractivity (Wildman–Crippen MR) is 63.3 cm³/mol. The van der Waals surface area contributed by atoms with E-state index in [1.54, 1.807) is 12.1 Å². The fourth-order valence-corrected chi connectivity index (χ4v) is 1.84. The highest BCUT2D eigenvalue weighted by molar-refractivity contribution is 5.89. The van der Waals surface area contributed by atoms with Crippen LogP contribution in [-0.4, -0.2) is 12.1 Å². The molecule has 1 aromatic rings. The molecule has 0 fully saturated rings. The van der Waals surface area contributed by atoms with Gasteiger partial charge in [0.05, 0.1) is 5.56 Å². The Hall–Kier alpha value is -1.57. The second-order valence-corrected chi connectivity index (χ2v) is 4.22. The molecular weight excluding hydrogens is 200 g/mol. The molecule has 2 nitrogen and oxygen atoms in total. The molecule has 1 aliphatic carbocycles. The topological polar surface area (TPSA) is 26.3 Å². The molecule has 0 aliphatic heterocycles. The summed E-state index contributed by atoms with van der Waals surface area (Å²) in [5, 5.41) is 0. The summed E-state index contributed by atoms with van der Waals surface area (Å²) in [6, 6.07) is 9.16. The minimum Gasteiger partial charge on any atom is -0.458 e. The van der Waals surface area contributed by atoms with Crippen molar-refractivity contribution in [2.45, 2.75) is 32.3 Å². The van der Waals surface area contributed by atoms with Crippen molar-refractivity contribution in [1.82, 2.24) is 0 Å². The third-order valence-electron chi connectivity index (χ3n) is 2.87. The van der Waals surface area contributed by atoms with Crippen LogP contribution in [0.5, 0.6) is 0 Å². The van der Waals surface area contributed by atoms with E-state index in [-0.39, 0.29) is 12.1 Å². The number of ether oxygens (including phenoxy) is 1. The number of rotatable bonds is 2. The minimum absolute atomic E-state index is 0.0522. The number of carbonyl (C=O) groups is 1. The highest BCUT2D eigenvalue weighted by Crippen LogP contribution is 2.20. The molecule has 1 atom stereocenters. The maximum atomic E-state index is 11.8. The van der Waals surface area contributed by atoms with Gasteiger partial charge in [-0.2, -0.15) is 0 Å². The van der Waals surface area contributed by atoms with E-state index >= 15 is 0 Å². The van der Waals surface area contributed by atoms with Crippen LogP contribution >= 0.6 is 0 Å². The van der Waals surface area contributed by atoms with Crippen LogP contribution in [0.4, 0.5) is 0 Å². The summed E-state index contributed by atoms with van der Waals surface area (Å²) in [5.74, 6) is -0.210. The van der Waals surface area contributed by atoms with Gasteiger partial charge in [0.15, 0.2) is 0 Å². The summed E-state index contributed by atoms with van der Waals surface area (Å²) in [4.78, 5) is 11.8. The van der Waals surface area contributed by atoms with Gasteiger partial charge < -0.3 is 4.74 Å². The molecule has 0 saturated carbocycles. The van der Waals surface area contributed by atoms with Gasteiger partial charge >= 0.3 is 5.97 Å². The molecule has 2 rings (SSSR count). The number of allylic oxidation sites excluding steroid dienone is 1. The van der Waals surface area contributed by atoms with Gasteiger partial charge in [-0.15, -0.1) is 0 Å².